The predicted octanol–water partition coefficient (Wildman–Crippen LogP) is 3.03. The molecule has 0 spiro atoms. The lowest BCUT2D eigenvalue weighted by molar-refractivity contribution is -0.132. The zero-order valence-electron chi connectivity index (χ0n) is 21.1. The van der Waals surface area contributed by atoms with E-state index in [-0.39, 0.29) is 36.5 Å². The highest BCUT2D eigenvalue weighted by Crippen LogP contribution is 2.45. The second-order valence-electron chi connectivity index (χ2n) is 10.8. The molecule has 0 bridgehead atoms. The molecular formula is C26H37N3O6. The fraction of sp³-hybridized carbons (Fsp3) is 0.654. The van der Waals surface area contributed by atoms with E-state index in [9.17, 15) is 14.4 Å². The van der Waals surface area contributed by atoms with Gasteiger partial charge in [-0.25, -0.2) is 9.59 Å². The molecule has 3 aliphatic rings. The van der Waals surface area contributed by atoms with Gasteiger partial charge >= 0.3 is 12.2 Å². The van der Waals surface area contributed by atoms with Crippen LogP contribution < -0.4 is 5.32 Å². The number of carbonyl (C=O) groups excluding carboxylic acids is 3. The molecule has 2 aliphatic heterocycles. The van der Waals surface area contributed by atoms with Gasteiger partial charge in [0, 0.05) is 38.7 Å². The van der Waals surface area contributed by atoms with Gasteiger partial charge in [-0.15, -0.1) is 0 Å². The van der Waals surface area contributed by atoms with Gasteiger partial charge in [0.1, 0.15) is 18.2 Å². The number of rotatable bonds is 6. The van der Waals surface area contributed by atoms with Crippen LogP contribution in [0.2, 0.25) is 0 Å². The van der Waals surface area contributed by atoms with Crippen LogP contribution in [0.5, 0.6) is 0 Å². The average molecular weight is 488 g/mol. The Kier molecular flexibility index (Phi) is 7.54. The molecule has 5 atom stereocenters. The van der Waals surface area contributed by atoms with Gasteiger partial charge < -0.3 is 29.3 Å². The third-order valence-corrected chi connectivity index (χ3v) is 7.24. The van der Waals surface area contributed by atoms with Crippen LogP contribution in [0.15, 0.2) is 30.3 Å². The molecule has 1 saturated carbocycles. The Balaban J connectivity index is 1.33. The van der Waals surface area contributed by atoms with Gasteiger partial charge in [-0.05, 0) is 51.0 Å². The molecular weight excluding hydrogens is 450 g/mol. The number of likely N-dealkylation sites (tertiary alicyclic amines) is 2. The van der Waals surface area contributed by atoms with Crippen LogP contribution in [-0.4, -0.2) is 78.9 Å². The Morgan fingerprint density at radius 2 is 1.89 bits per heavy atom. The van der Waals surface area contributed by atoms with Gasteiger partial charge in [0.25, 0.3) is 0 Å². The Hall–Kier alpha value is -2.81. The first-order chi connectivity index (χ1) is 16.7. The molecule has 4 rings (SSSR count). The molecule has 1 aromatic carbocycles. The number of hydrogen-bond acceptors (Lipinski definition) is 6. The Labute approximate surface area is 207 Å². The summed E-state index contributed by atoms with van der Waals surface area (Å²) in [5.41, 5.74) is 0.359. The molecule has 0 aromatic heterocycles. The summed E-state index contributed by atoms with van der Waals surface area (Å²) in [6.45, 7) is 8.11. The summed E-state index contributed by atoms with van der Waals surface area (Å²) in [6, 6.07) is 8.88. The summed E-state index contributed by atoms with van der Waals surface area (Å²) < 4.78 is 16.4. The van der Waals surface area contributed by atoms with E-state index >= 15 is 0 Å². The van der Waals surface area contributed by atoms with E-state index in [1.165, 1.54) is 0 Å². The summed E-state index contributed by atoms with van der Waals surface area (Å²) in [4.78, 5) is 41.8. The monoisotopic (exact) mass is 487 g/mol. The highest BCUT2D eigenvalue weighted by atomic mass is 16.6. The van der Waals surface area contributed by atoms with Gasteiger partial charge in [-0.2, -0.15) is 0 Å². The minimum atomic E-state index is -0.584. The lowest BCUT2D eigenvalue weighted by atomic mass is 9.91. The number of nitrogens with one attached hydrogen (secondary N) is 1. The van der Waals surface area contributed by atoms with E-state index in [0.29, 0.717) is 38.6 Å². The molecule has 0 radical (unpaired) electrons. The van der Waals surface area contributed by atoms with Crippen molar-refractivity contribution >= 4 is 18.1 Å². The lowest BCUT2D eigenvalue weighted by Gasteiger charge is -2.33. The van der Waals surface area contributed by atoms with Crippen LogP contribution in [0.4, 0.5) is 9.59 Å². The number of hydrogen-bond donors (Lipinski definition) is 1. The number of fused-ring (bicyclic) bond motifs is 1. The summed E-state index contributed by atoms with van der Waals surface area (Å²) >= 11 is 0. The third-order valence-electron chi connectivity index (χ3n) is 7.24. The topological polar surface area (TPSA) is 97.4 Å². The molecule has 3 amide bonds. The quantitative estimate of drug-likeness (QED) is 0.663. The van der Waals surface area contributed by atoms with Gasteiger partial charge in [0.2, 0.25) is 5.91 Å². The summed E-state index contributed by atoms with van der Waals surface area (Å²) in [5.74, 6) is 0.605. The molecule has 1 N–H and O–H groups in total. The Bertz CT molecular complexity index is 917. The first-order valence-corrected chi connectivity index (χ1v) is 12.4. The van der Waals surface area contributed by atoms with E-state index in [4.69, 9.17) is 14.2 Å². The highest BCUT2D eigenvalue weighted by Gasteiger charge is 2.53. The van der Waals surface area contributed by atoms with Crippen LogP contribution in [-0.2, 0) is 25.6 Å². The molecule has 3 fully saturated rings. The summed E-state index contributed by atoms with van der Waals surface area (Å²) in [6.07, 6.45) is 0.498. The molecule has 1 aromatic rings. The lowest BCUT2D eigenvalue weighted by Crippen LogP contribution is -2.47. The van der Waals surface area contributed by atoms with Crippen molar-refractivity contribution < 1.29 is 28.6 Å². The second-order valence-corrected chi connectivity index (χ2v) is 10.8. The first-order valence-electron chi connectivity index (χ1n) is 12.4. The SMILES string of the molecule is COCC1C2CN(C(=O)OC(C)(C)C)CC2CC1N1CCC(NC(=O)OCc2ccccc2)C1=O. The molecule has 2 saturated heterocycles. The fourth-order valence-electron chi connectivity index (χ4n) is 5.73. The summed E-state index contributed by atoms with van der Waals surface area (Å²) in [5, 5.41) is 2.74. The van der Waals surface area contributed by atoms with Crippen molar-refractivity contribution in [1.29, 1.82) is 0 Å². The maximum Gasteiger partial charge on any atom is 0.410 e. The minimum Gasteiger partial charge on any atom is -0.445 e. The van der Waals surface area contributed by atoms with Crippen LogP contribution in [0.3, 0.4) is 0 Å². The number of nitrogens with zero attached hydrogens (tertiary/aromatic N) is 2. The zero-order chi connectivity index (χ0) is 25.2. The number of carbonyl (C=O) groups is 3. The normalized spacial score (nSPS) is 28.2. The van der Waals surface area contributed by atoms with Crippen molar-refractivity contribution in [3.63, 3.8) is 0 Å². The van der Waals surface area contributed by atoms with Crippen molar-refractivity contribution in [3.8, 4) is 0 Å². The molecule has 9 nitrogen and oxygen atoms in total. The van der Waals surface area contributed by atoms with Gasteiger partial charge in [-0.3, -0.25) is 4.79 Å². The van der Waals surface area contributed by atoms with Crippen LogP contribution in [0.1, 0.15) is 39.2 Å². The molecule has 35 heavy (non-hydrogen) atoms. The van der Waals surface area contributed by atoms with Gasteiger partial charge in [-0.1, -0.05) is 30.3 Å². The van der Waals surface area contributed by atoms with Crippen LogP contribution >= 0.6 is 0 Å². The van der Waals surface area contributed by atoms with Gasteiger partial charge in [0.15, 0.2) is 0 Å². The van der Waals surface area contributed by atoms with Crippen LogP contribution in [0.25, 0.3) is 0 Å². The number of benzene rings is 1. The molecule has 2 heterocycles. The van der Waals surface area contributed by atoms with Crippen molar-refractivity contribution in [2.24, 2.45) is 17.8 Å². The average Bonchev–Trinajstić information content (AvgIpc) is 3.46. The number of amides is 3. The van der Waals surface area contributed by atoms with E-state index in [2.05, 4.69) is 5.32 Å². The predicted molar refractivity (Wildman–Crippen MR) is 128 cm³/mol. The van der Waals surface area contributed by atoms with Crippen molar-refractivity contribution in [2.45, 2.75) is 57.9 Å². The number of methoxy groups -OCH3 is 1. The minimum absolute atomic E-state index is 0.0328. The largest absolute Gasteiger partial charge is 0.445 e. The van der Waals surface area contributed by atoms with E-state index < -0.39 is 17.7 Å². The van der Waals surface area contributed by atoms with Crippen molar-refractivity contribution in [1.82, 2.24) is 15.1 Å². The first kappa shape index (κ1) is 25.3. The molecule has 9 heteroatoms. The zero-order valence-corrected chi connectivity index (χ0v) is 21.1. The van der Waals surface area contributed by atoms with Gasteiger partial charge in [0.05, 0.1) is 6.61 Å². The second kappa shape index (κ2) is 10.4. The third kappa shape index (κ3) is 5.89. The van der Waals surface area contributed by atoms with Crippen molar-refractivity contribution in [3.05, 3.63) is 35.9 Å². The van der Waals surface area contributed by atoms with Crippen LogP contribution in [0, 0.1) is 17.8 Å². The Morgan fingerprint density at radius 1 is 1.14 bits per heavy atom. The van der Waals surface area contributed by atoms with Crippen molar-refractivity contribution in [2.75, 3.05) is 33.4 Å². The smallest absolute Gasteiger partial charge is 0.410 e. The fourth-order valence-corrected chi connectivity index (χ4v) is 5.73. The number of alkyl carbamates (subject to hydrolysis) is 1. The molecule has 1 aliphatic carbocycles. The molecule has 192 valence electrons. The molecule has 5 unspecified atom stereocenters. The van der Waals surface area contributed by atoms with E-state index in [1.54, 1.807) is 12.0 Å². The number of ether oxygens (including phenoxy) is 3. The standard InChI is InChI=1S/C26H37N3O6/c1-26(2,3)35-25(32)28-13-18-12-22(20(16-33-4)19(18)14-28)29-11-10-21(23(29)30)27-24(31)34-15-17-8-6-5-7-9-17/h5-9,18-22H,10-16H2,1-4H3,(H,27,31). The highest BCUT2D eigenvalue weighted by molar-refractivity contribution is 5.87. The summed E-state index contributed by atoms with van der Waals surface area (Å²) in [7, 11) is 1.67. The Morgan fingerprint density at radius 3 is 2.57 bits per heavy atom. The van der Waals surface area contributed by atoms with E-state index in [1.807, 2.05) is 56.0 Å². The maximum absolute atomic E-state index is 13.2. The maximum atomic E-state index is 13.2. The van der Waals surface area contributed by atoms with E-state index in [0.717, 1.165) is 12.0 Å².